The van der Waals surface area contributed by atoms with Gasteiger partial charge in [0.05, 0.1) is 5.56 Å². The first kappa shape index (κ1) is 15.0. The predicted molar refractivity (Wildman–Crippen MR) is 79.7 cm³/mol. The maximum Gasteiger partial charge on any atom is 0.329 e. The minimum atomic E-state index is -1.12. The fourth-order valence-corrected chi connectivity index (χ4v) is 3.12. The van der Waals surface area contributed by atoms with Crippen LogP contribution in [0.3, 0.4) is 0 Å². The Kier molecular flexibility index (Phi) is 4.81. The van der Waals surface area contributed by atoms with Crippen LogP contribution in [0.1, 0.15) is 48.9 Å². The van der Waals surface area contributed by atoms with Gasteiger partial charge in [0.2, 0.25) is 0 Å². The smallest absolute Gasteiger partial charge is 0.329 e. The number of hydrogen-bond donors (Lipinski definition) is 2. The number of carboxylic acid groups (broad SMARTS) is 1. The minimum Gasteiger partial charge on any atom is -0.480 e. The molecule has 2 rings (SSSR count). The average Bonchev–Trinajstić information content (AvgIpc) is 2.65. The quantitative estimate of drug-likeness (QED) is 0.829. The van der Waals surface area contributed by atoms with Crippen molar-refractivity contribution in [2.75, 3.05) is 0 Å². The zero-order chi connectivity index (χ0) is 14.6. The van der Waals surface area contributed by atoms with E-state index in [4.69, 9.17) is 0 Å². The van der Waals surface area contributed by atoms with Crippen molar-refractivity contribution in [2.24, 2.45) is 0 Å². The number of carboxylic acids is 1. The maximum atomic E-state index is 12.4. The highest BCUT2D eigenvalue weighted by atomic mass is 79.9. The summed E-state index contributed by atoms with van der Waals surface area (Å²) in [6.07, 6.45) is 4.72. The molecule has 0 spiro atoms. The lowest BCUT2D eigenvalue weighted by molar-refractivity contribution is -0.145. The zero-order valence-electron chi connectivity index (χ0n) is 11.2. The molecule has 4 nitrogen and oxygen atoms in total. The third-order valence-corrected chi connectivity index (χ3v) is 4.53. The molecule has 1 aromatic rings. The van der Waals surface area contributed by atoms with Gasteiger partial charge in [-0.2, -0.15) is 0 Å². The van der Waals surface area contributed by atoms with Crippen molar-refractivity contribution < 1.29 is 14.7 Å². The van der Waals surface area contributed by atoms with Crippen molar-refractivity contribution in [1.82, 2.24) is 5.32 Å². The number of aliphatic carboxylic acids is 1. The Labute approximate surface area is 126 Å². The van der Waals surface area contributed by atoms with Gasteiger partial charge < -0.3 is 10.4 Å². The Morgan fingerprint density at radius 3 is 2.25 bits per heavy atom. The van der Waals surface area contributed by atoms with Crippen LogP contribution < -0.4 is 5.32 Å². The van der Waals surface area contributed by atoms with Crippen LogP contribution in [0.25, 0.3) is 0 Å². The molecule has 1 saturated carbocycles. The third kappa shape index (κ3) is 3.20. The number of halogens is 1. The van der Waals surface area contributed by atoms with Crippen molar-refractivity contribution in [2.45, 2.75) is 44.1 Å². The topological polar surface area (TPSA) is 66.4 Å². The number of nitrogens with one attached hydrogen (secondary N) is 1. The Balaban J connectivity index is 2.22. The number of rotatable bonds is 3. The van der Waals surface area contributed by atoms with E-state index in [0.29, 0.717) is 22.9 Å². The van der Waals surface area contributed by atoms with Crippen LogP contribution in [0.4, 0.5) is 0 Å². The molecule has 20 heavy (non-hydrogen) atoms. The first-order valence-corrected chi connectivity index (χ1v) is 7.65. The highest BCUT2D eigenvalue weighted by Gasteiger charge is 2.40. The van der Waals surface area contributed by atoms with Crippen LogP contribution in [-0.4, -0.2) is 22.5 Å². The van der Waals surface area contributed by atoms with Crippen molar-refractivity contribution in [1.29, 1.82) is 0 Å². The van der Waals surface area contributed by atoms with Gasteiger partial charge in [0, 0.05) is 4.47 Å². The summed E-state index contributed by atoms with van der Waals surface area (Å²) in [4.78, 5) is 24.0. The number of carbonyl (C=O) groups is 2. The summed E-state index contributed by atoms with van der Waals surface area (Å²) in [5.41, 5.74) is -0.652. The number of carbonyl (C=O) groups excluding carboxylic acids is 1. The lowest BCUT2D eigenvalue weighted by atomic mass is 9.90. The molecule has 1 amide bonds. The summed E-state index contributed by atoms with van der Waals surface area (Å²) in [6, 6.07) is 7.04. The molecular formula is C15H18BrNO3. The van der Waals surface area contributed by atoms with Crippen molar-refractivity contribution in [3.63, 3.8) is 0 Å². The second kappa shape index (κ2) is 6.39. The molecule has 1 fully saturated rings. The van der Waals surface area contributed by atoms with E-state index in [2.05, 4.69) is 21.2 Å². The van der Waals surface area contributed by atoms with Gasteiger partial charge in [0.15, 0.2) is 0 Å². The molecule has 108 valence electrons. The van der Waals surface area contributed by atoms with E-state index in [1.165, 1.54) is 0 Å². The molecule has 0 saturated heterocycles. The Bertz CT molecular complexity index is 508. The molecule has 2 N–H and O–H groups in total. The summed E-state index contributed by atoms with van der Waals surface area (Å²) >= 11 is 3.32. The molecule has 0 heterocycles. The van der Waals surface area contributed by atoms with E-state index in [1.807, 2.05) is 6.07 Å². The van der Waals surface area contributed by atoms with E-state index < -0.39 is 11.5 Å². The van der Waals surface area contributed by atoms with Crippen molar-refractivity contribution in [3.8, 4) is 0 Å². The molecule has 0 aliphatic heterocycles. The van der Waals surface area contributed by atoms with Crippen LogP contribution in [0.15, 0.2) is 28.7 Å². The summed E-state index contributed by atoms with van der Waals surface area (Å²) in [6.45, 7) is 0. The fourth-order valence-electron chi connectivity index (χ4n) is 2.65. The molecular weight excluding hydrogens is 322 g/mol. The fraction of sp³-hybridized carbons (Fsp3) is 0.467. The molecule has 0 unspecified atom stereocenters. The largest absolute Gasteiger partial charge is 0.480 e. The van der Waals surface area contributed by atoms with Crippen LogP contribution in [0, 0.1) is 0 Å². The molecule has 1 aliphatic rings. The molecule has 0 aromatic heterocycles. The second-order valence-corrected chi connectivity index (χ2v) is 6.09. The normalized spacial score (nSPS) is 18.1. The molecule has 0 radical (unpaired) electrons. The van der Waals surface area contributed by atoms with Gasteiger partial charge in [-0.25, -0.2) is 4.79 Å². The molecule has 1 aliphatic carbocycles. The lowest BCUT2D eigenvalue weighted by Gasteiger charge is -2.29. The van der Waals surface area contributed by atoms with Gasteiger partial charge in [-0.05, 0) is 40.9 Å². The molecule has 1 aromatic carbocycles. The Morgan fingerprint density at radius 1 is 1.10 bits per heavy atom. The third-order valence-electron chi connectivity index (χ3n) is 3.84. The van der Waals surface area contributed by atoms with Crippen LogP contribution in [0.5, 0.6) is 0 Å². The van der Waals surface area contributed by atoms with Gasteiger partial charge in [-0.15, -0.1) is 0 Å². The van der Waals surface area contributed by atoms with Crippen molar-refractivity contribution >= 4 is 27.8 Å². The Hall–Kier alpha value is -1.36. The Morgan fingerprint density at radius 2 is 1.70 bits per heavy atom. The SMILES string of the molecule is O=C(NC1(C(=O)O)CCCCCC1)c1ccccc1Br. The van der Waals surface area contributed by atoms with E-state index in [9.17, 15) is 14.7 Å². The minimum absolute atomic E-state index is 0.332. The van der Waals surface area contributed by atoms with Crippen LogP contribution >= 0.6 is 15.9 Å². The van der Waals surface area contributed by atoms with Gasteiger partial charge in [0.25, 0.3) is 5.91 Å². The van der Waals surface area contributed by atoms with Gasteiger partial charge in [-0.3, -0.25) is 4.79 Å². The monoisotopic (exact) mass is 339 g/mol. The summed E-state index contributed by atoms with van der Waals surface area (Å²) in [5, 5.41) is 12.3. The average molecular weight is 340 g/mol. The van der Waals surface area contributed by atoms with Gasteiger partial charge >= 0.3 is 5.97 Å². The maximum absolute atomic E-state index is 12.4. The summed E-state index contributed by atoms with van der Waals surface area (Å²) in [7, 11) is 0. The second-order valence-electron chi connectivity index (χ2n) is 5.24. The zero-order valence-corrected chi connectivity index (χ0v) is 12.8. The highest BCUT2D eigenvalue weighted by Crippen LogP contribution is 2.28. The van der Waals surface area contributed by atoms with E-state index >= 15 is 0 Å². The first-order valence-electron chi connectivity index (χ1n) is 6.86. The van der Waals surface area contributed by atoms with Gasteiger partial charge in [-0.1, -0.05) is 37.8 Å². The molecule has 0 bridgehead atoms. The van der Waals surface area contributed by atoms with Crippen molar-refractivity contribution in [3.05, 3.63) is 34.3 Å². The first-order chi connectivity index (χ1) is 9.55. The predicted octanol–water partition coefficient (Wildman–Crippen LogP) is 3.36. The van der Waals surface area contributed by atoms with Crippen LogP contribution in [0.2, 0.25) is 0 Å². The summed E-state index contributed by atoms with van der Waals surface area (Å²) < 4.78 is 0.673. The van der Waals surface area contributed by atoms with E-state index in [0.717, 1.165) is 25.7 Å². The highest BCUT2D eigenvalue weighted by molar-refractivity contribution is 9.10. The van der Waals surface area contributed by atoms with Gasteiger partial charge in [0.1, 0.15) is 5.54 Å². The van der Waals surface area contributed by atoms with E-state index in [-0.39, 0.29) is 5.91 Å². The molecule has 0 atom stereocenters. The number of hydrogen-bond acceptors (Lipinski definition) is 2. The summed E-state index contributed by atoms with van der Waals surface area (Å²) in [5.74, 6) is -1.26. The lowest BCUT2D eigenvalue weighted by Crippen LogP contribution is -2.54. The standard InChI is InChI=1S/C15H18BrNO3/c16-12-8-4-3-7-11(12)13(18)17-15(14(19)20)9-5-1-2-6-10-15/h3-4,7-8H,1-2,5-6,9-10H2,(H,17,18)(H,19,20). The number of amides is 1. The molecule has 5 heteroatoms. The number of benzene rings is 1. The van der Waals surface area contributed by atoms with Crippen LogP contribution in [-0.2, 0) is 4.79 Å². The van der Waals surface area contributed by atoms with E-state index in [1.54, 1.807) is 18.2 Å².